The Morgan fingerprint density at radius 2 is 1.88 bits per heavy atom. The van der Waals surface area contributed by atoms with E-state index in [1.165, 1.54) is 0 Å². The van der Waals surface area contributed by atoms with Crippen molar-refractivity contribution in [3.8, 4) is 5.75 Å². The van der Waals surface area contributed by atoms with Gasteiger partial charge in [0, 0.05) is 12.1 Å². The van der Waals surface area contributed by atoms with Crippen LogP contribution < -0.4 is 4.74 Å². The number of esters is 1. The molecule has 1 heterocycles. The van der Waals surface area contributed by atoms with E-state index >= 15 is 0 Å². The molecule has 0 aliphatic carbocycles. The molecule has 5 nitrogen and oxygen atoms in total. The molecule has 6 heteroatoms. The first kappa shape index (κ1) is 18.3. The summed E-state index contributed by atoms with van der Waals surface area (Å²) >= 11 is 1.57. The predicted octanol–water partition coefficient (Wildman–Crippen LogP) is 3.40. The monoisotopic (exact) mass is 371 g/mol. The molecular weight excluding hydrogens is 350 g/mol. The largest absolute Gasteiger partial charge is 0.482 e. The molecule has 1 aliphatic heterocycles. The molecule has 26 heavy (non-hydrogen) atoms. The molecule has 0 saturated carbocycles. The van der Waals surface area contributed by atoms with Crippen molar-refractivity contribution in [1.82, 2.24) is 4.90 Å². The van der Waals surface area contributed by atoms with E-state index in [1.54, 1.807) is 18.7 Å². The van der Waals surface area contributed by atoms with E-state index in [4.69, 9.17) is 9.47 Å². The number of amides is 1. The number of rotatable bonds is 7. The van der Waals surface area contributed by atoms with E-state index < -0.39 is 5.97 Å². The Morgan fingerprint density at radius 3 is 2.65 bits per heavy atom. The van der Waals surface area contributed by atoms with Crippen molar-refractivity contribution >= 4 is 23.6 Å². The molecular formula is C20H21NO4S. The molecule has 1 unspecified atom stereocenters. The topological polar surface area (TPSA) is 55.8 Å². The summed E-state index contributed by atoms with van der Waals surface area (Å²) in [6, 6.07) is 17.4. The minimum Gasteiger partial charge on any atom is -0.482 e. The lowest BCUT2D eigenvalue weighted by atomic mass is 10.1. The Morgan fingerprint density at radius 1 is 1.15 bits per heavy atom. The van der Waals surface area contributed by atoms with E-state index in [2.05, 4.69) is 0 Å². The molecule has 0 aromatic heterocycles. The Labute approximate surface area is 157 Å². The molecule has 2 aromatic carbocycles. The van der Waals surface area contributed by atoms with Crippen LogP contribution in [0.1, 0.15) is 23.4 Å². The second kappa shape index (κ2) is 8.76. The van der Waals surface area contributed by atoms with Gasteiger partial charge in [0.25, 0.3) is 0 Å². The first-order chi connectivity index (χ1) is 12.7. The summed E-state index contributed by atoms with van der Waals surface area (Å²) in [5, 5.41) is -0.138. The second-order valence-corrected chi connectivity index (χ2v) is 6.87. The maximum Gasteiger partial charge on any atom is 0.344 e. The normalized spacial score (nSPS) is 16.6. The van der Waals surface area contributed by atoms with Gasteiger partial charge in [-0.25, -0.2) is 4.79 Å². The Kier molecular flexibility index (Phi) is 6.17. The van der Waals surface area contributed by atoms with Crippen LogP contribution in [-0.2, 0) is 20.9 Å². The highest BCUT2D eigenvalue weighted by atomic mass is 32.2. The zero-order chi connectivity index (χ0) is 18.4. The standard InChI is InChI=1S/C20H21NO4S/c1-2-24-19(23)13-25-17-11-7-6-10-16(17)20-21(18(22)14-26-20)12-15-8-4-3-5-9-15/h3-11,20H,2,12-14H2,1H3. The van der Waals surface area contributed by atoms with Crippen LogP contribution in [0, 0.1) is 0 Å². The van der Waals surface area contributed by atoms with Gasteiger partial charge in [0.15, 0.2) is 6.61 Å². The summed E-state index contributed by atoms with van der Waals surface area (Å²) in [6.07, 6.45) is 0. The predicted molar refractivity (Wildman–Crippen MR) is 101 cm³/mol. The summed E-state index contributed by atoms with van der Waals surface area (Å²) in [6.45, 7) is 2.48. The number of carbonyl (C=O) groups excluding carboxylic acids is 2. The zero-order valence-corrected chi connectivity index (χ0v) is 15.4. The van der Waals surface area contributed by atoms with Crippen LogP contribution in [0.4, 0.5) is 0 Å². The fourth-order valence-electron chi connectivity index (χ4n) is 2.82. The molecule has 0 N–H and O–H groups in total. The molecule has 1 saturated heterocycles. The van der Waals surface area contributed by atoms with Crippen molar-refractivity contribution < 1.29 is 19.1 Å². The van der Waals surface area contributed by atoms with Gasteiger partial charge >= 0.3 is 5.97 Å². The highest BCUT2D eigenvalue weighted by molar-refractivity contribution is 8.00. The maximum absolute atomic E-state index is 12.4. The molecule has 0 spiro atoms. The third-order valence-electron chi connectivity index (χ3n) is 4.00. The molecule has 1 atom stereocenters. The van der Waals surface area contributed by atoms with Gasteiger partial charge < -0.3 is 14.4 Å². The van der Waals surface area contributed by atoms with Crippen molar-refractivity contribution in [2.24, 2.45) is 0 Å². The third-order valence-corrected chi connectivity index (χ3v) is 5.24. The lowest BCUT2D eigenvalue weighted by molar-refractivity contribution is -0.145. The van der Waals surface area contributed by atoms with Crippen LogP contribution >= 0.6 is 11.8 Å². The van der Waals surface area contributed by atoms with Gasteiger partial charge in [0.2, 0.25) is 5.91 Å². The Hall–Kier alpha value is -2.47. The van der Waals surface area contributed by atoms with E-state index in [-0.39, 0.29) is 17.9 Å². The number of hydrogen-bond acceptors (Lipinski definition) is 5. The van der Waals surface area contributed by atoms with Crippen LogP contribution in [0.5, 0.6) is 5.75 Å². The van der Waals surface area contributed by atoms with Gasteiger partial charge in [-0.2, -0.15) is 0 Å². The average molecular weight is 371 g/mol. The number of carbonyl (C=O) groups is 2. The number of ether oxygens (including phenoxy) is 2. The van der Waals surface area contributed by atoms with Crippen LogP contribution in [0.15, 0.2) is 54.6 Å². The van der Waals surface area contributed by atoms with Crippen molar-refractivity contribution in [2.45, 2.75) is 18.8 Å². The van der Waals surface area contributed by atoms with Crippen LogP contribution in [0.25, 0.3) is 0 Å². The van der Waals surface area contributed by atoms with Gasteiger partial charge in [-0.05, 0) is 18.6 Å². The fraction of sp³-hybridized carbons (Fsp3) is 0.300. The zero-order valence-electron chi connectivity index (χ0n) is 14.6. The lowest BCUT2D eigenvalue weighted by Crippen LogP contribution is -2.28. The summed E-state index contributed by atoms with van der Waals surface area (Å²) in [7, 11) is 0. The molecule has 0 bridgehead atoms. The summed E-state index contributed by atoms with van der Waals surface area (Å²) < 4.78 is 10.6. The molecule has 136 valence electrons. The van der Waals surface area contributed by atoms with Crippen molar-refractivity contribution in [3.05, 3.63) is 65.7 Å². The van der Waals surface area contributed by atoms with E-state index in [1.807, 2.05) is 59.5 Å². The molecule has 2 aromatic rings. The van der Waals surface area contributed by atoms with Crippen molar-refractivity contribution in [2.75, 3.05) is 19.0 Å². The van der Waals surface area contributed by atoms with Crippen molar-refractivity contribution in [3.63, 3.8) is 0 Å². The van der Waals surface area contributed by atoms with Crippen LogP contribution in [0.2, 0.25) is 0 Å². The molecule has 1 fully saturated rings. The van der Waals surface area contributed by atoms with Crippen molar-refractivity contribution in [1.29, 1.82) is 0 Å². The maximum atomic E-state index is 12.4. The Bertz CT molecular complexity index is 765. The first-order valence-electron chi connectivity index (χ1n) is 8.51. The number of nitrogens with zero attached hydrogens (tertiary/aromatic N) is 1. The van der Waals surface area contributed by atoms with Gasteiger partial charge in [0.05, 0.1) is 12.4 Å². The first-order valence-corrected chi connectivity index (χ1v) is 9.56. The smallest absolute Gasteiger partial charge is 0.344 e. The quantitative estimate of drug-likeness (QED) is 0.698. The highest BCUT2D eigenvalue weighted by Crippen LogP contribution is 2.43. The number of para-hydroxylation sites is 1. The number of hydrogen-bond donors (Lipinski definition) is 0. The summed E-state index contributed by atoms with van der Waals surface area (Å²) in [5.74, 6) is 0.734. The van der Waals surface area contributed by atoms with Gasteiger partial charge in [-0.3, -0.25) is 4.79 Å². The SMILES string of the molecule is CCOC(=O)COc1ccccc1C1SCC(=O)N1Cc1ccccc1. The minimum absolute atomic E-state index is 0.101. The Balaban J connectivity index is 1.78. The van der Waals surface area contributed by atoms with Gasteiger partial charge in [-0.1, -0.05) is 48.5 Å². The van der Waals surface area contributed by atoms with Gasteiger partial charge in [-0.15, -0.1) is 11.8 Å². The minimum atomic E-state index is -0.404. The summed E-state index contributed by atoms with van der Waals surface area (Å²) in [4.78, 5) is 25.9. The molecule has 0 radical (unpaired) electrons. The number of thioether (sulfide) groups is 1. The summed E-state index contributed by atoms with van der Waals surface area (Å²) in [5.41, 5.74) is 1.97. The third kappa shape index (κ3) is 4.38. The van der Waals surface area contributed by atoms with E-state index in [0.717, 1.165) is 11.1 Å². The lowest BCUT2D eigenvalue weighted by Gasteiger charge is -2.26. The van der Waals surface area contributed by atoms with E-state index in [9.17, 15) is 9.59 Å². The average Bonchev–Trinajstić information content (AvgIpc) is 3.02. The highest BCUT2D eigenvalue weighted by Gasteiger charge is 2.34. The van der Waals surface area contributed by atoms with Gasteiger partial charge in [0.1, 0.15) is 11.1 Å². The van der Waals surface area contributed by atoms with Crippen LogP contribution in [0.3, 0.4) is 0 Å². The second-order valence-electron chi connectivity index (χ2n) is 5.80. The van der Waals surface area contributed by atoms with E-state index in [0.29, 0.717) is 24.7 Å². The fourth-order valence-corrected chi connectivity index (χ4v) is 4.03. The number of benzene rings is 2. The molecule has 1 amide bonds. The molecule has 3 rings (SSSR count). The van der Waals surface area contributed by atoms with Crippen LogP contribution in [-0.4, -0.2) is 35.7 Å². The molecule has 1 aliphatic rings.